The molecule has 2 heterocycles. The van der Waals surface area contributed by atoms with Gasteiger partial charge in [0.1, 0.15) is 23.1 Å². The van der Waals surface area contributed by atoms with Gasteiger partial charge in [-0.25, -0.2) is 0 Å². The zero-order valence-electron chi connectivity index (χ0n) is 17.3. The van der Waals surface area contributed by atoms with E-state index in [1.54, 1.807) is 24.3 Å². The summed E-state index contributed by atoms with van der Waals surface area (Å²) < 4.78 is 16.6. The summed E-state index contributed by atoms with van der Waals surface area (Å²) in [4.78, 5) is 11.0. The molecule has 32 heavy (non-hydrogen) atoms. The maximum atomic E-state index is 11.0. The van der Waals surface area contributed by atoms with Crippen molar-refractivity contribution < 1.29 is 19.0 Å². The number of aromatic amines is 1. The number of hydrogen-bond donors (Lipinski definition) is 3. The maximum Gasteiger partial charge on any atom is 0.255 e. The number of nitrogens with zero attached hydrogens (tertiary/aromatic N) is 2. The van der Waals surface area contributed by atoms with Crippen molar-refractivity contribution in [3.63, 3.8) is 0 Å². The number of nitrogens with two attached hydrogens (primary N) is 2. The van der Waals surface area contributed by atoms with Crippen molar-refractivity contribution >= 4 is 5.91 Å². The van der Waals surface area contributed by atoms with E-state index < -0.39 is 11.8 Å². The summed E-state index contributed by atoms with van der Waals surface area (Å²) in [5.74, 6) is 0.416. The monoisotopic (exact) mass is 431 g/mol. The van der Waals surface area contributed by atoms with Crippen LogP contribution in [0.5, 0.6) is 17.4 Å². The molecule has 1 aliphatic heterocycles. The highest BCUT2D eigenvalue weighted by atomic mass is 16.5. The summed E-state index contributed by atoms with van der Waals surface area (Å²) in [6.07, 6.45) is 0. The van der Waals surface area contributed by atoms with Gasteiger partial charge in [0.25, 0.3) is 5.91 Å². The molecule has 0 radical (unpaired) electrons. The number of aromatic nitrogens is 2. The van der Waals surface area contributed by atoms with E-state index in [2.05, 4.69) is 16.3 Å². The van der Waals surface area contributed by atoms with Crippen molar-refractivity contribution in [2.24, 2.45) is 11.5 Å². The first-order chi connectivity index (χ1) is 15.5. The fraction of sp³-hybridized carbons (Fsp3) is 0.174. The first kappa shape index (κ1) is 20.8. The Labute approximate surface area is 184 Å². The normalized spacial score (nSPS) is 14.8. The molecule has 5 N–H and O–H groups in total. The van der Waals surface area contributed by atoms with Crippen LogP contribution < -0.4 is 25.7 Å². The number of nitriles is 1. The zero-order chi connectivity index (χ0) is 22.7. The number of primary amides is 1. The van der Waals surface area contributed by atoms with Crippen molar-refractivity contribution in [1.29, 1.82) is 5.26 Å². The van der Waals surface area contributed by atoms with Gasteiger partial charge in [0, 0.05) is 5.56 Å². The fourth-order valence-corrected chi connectivity index (χ4v) is 3.62. The molecule has 1 atom stereocenters. The number of amides is 1. The lowest BCUT2D eigenvalue weighted by molar-refractivity contribution is -0.119. The zero-order valence-corrected chi connectivity index (χ0v) is 17.3. The molecule has 2 aromatic carbocycles. The van der Waals surface area contributed by atoms with Gasteiger partial charge in [-0.15, -0.1) is 5.10 Å². The largest absolute Gasteiger partial charge is 0.494 e. The fourth-order valence-electron chi connectivity index (χ4n) is 3.62. The predicted octanol–water partition coefficient (Wildman–Crippen LogP) is 2.56. The van der Waals surface area contributed by atoms with Gasteiger partial charge >= 0.3 is 0 Å². The minimum atomic E-state index is -0.567. The number of benzene rings is 2. The summed E-state index contributed by atoms with van der Waals surface area (Å²) in [6, 6.07) is 16.7. The standard InChI is InChI=1S/C23H21N5O4/c1-2-30-16-5-3-4-14(10-16)21-20-19(17(11-24)22(26)32-23(20)28-27-21)13-6-8-15(9-7-13)31-12-18(25)29/h3-10,19H,2,12,26H2,1H3,(H2,25,29)(H,27,28). The lowest BCUT2D eigenvalue weighted by Gasteiger charge is -2.24. The van der Waals surface area contributed by atoms with Crippen LogP contribution in [0.4, 0.5) is 0 Å². The smallest absolute Gasteiger partial charge is 0.255 e. The van der Waals surface area contributed by atoms with Gasteiger partial charge in [0.15, 0.2) is 6.61 Å². The van der Waals surface area contributed by atoms with E-state index in [9.17, 15) is 10.1 Å². The highest BCUT2D eigenvalue weighted by Crippen LogP contribution is 2.46. The summed E-state index contributed by atoms with van der Waals surface area (Å²) in [5, 5.41) is 17.1. The van der Waals surface area contributed by atoms with Crippen LogP contribution in [0, 0.1) is 11.3 Å². The number of rotatable bonds is 7. The lowest BCUT2D eigenvalue weighted by atomic mass is 9.83. The Kier molecular flexibility index (Phi) is 5.68. The number of carbonyl (C=O) groups is 1. The van der Waals surface area contributed by atoms with Crippen molar-refractivity contribution in [1.82, 2.24) is 10.2 Å². The molecule has 1 aromatic heterocycles. The number of ether oxygens (including phenoxy) is 3. The average Bonchev–Trinajstić information content (AvgIpc) is 3.21. The Hall–Kier alpha value is -4.45. The van der Waals surface area contributed by atoms with E-state index in [1.165, 1.54) is 0 Å². The van der Waals surface area contributed by atoms with Crippen molar-refractivity contribution in [3.05, 3.63) is 71.1 Å². The molecule has 9 heteroatoms. The van der Waals surface area contributed by atoms with Crippen LogP contribution in [0.2, 0.25) is 0 Å². The van der Waals surface area contributed by atoms with Gasteiger partial charge in [0.2, 0.25) is 11.8 Å². The molecule has 1 amide bonds. The number of hydrogen-bond acceptors (Lipinski definition) is 7. The molecule has 0 saturated carbocycles. The van der Waals surface area contributed by atoms with Crippen molar-refractivity contribution in [2.45, 2.75) is 12.8 Å². The minimum absolute atomic E-state index is 0.000159. The molecular formula is C23H21N5O4. The second-order valence-corrected chi connectivity index (χ2v) is 7.03. The summed E-state index contributed by atoms with van der Waals surface area (Å²) in [7, 11) is 0. The Morgan fingerprint density at radius 3 is 2.69 bits per heavy atom. The summed E-state index contributed by atoms with van der Waals surface area (Å²) in [6.45, 7) is 2.23. The lowest BCUT2D eigenvalue weighted by Crippen LogP contribution is -2.21. The molecule has 0 fully saturated rings. The van der Waals surface area contributed by atoms with E-state index >= 15 is 0 Å². The molecule has 0 bridgehead atoms. The van der Waals surface area contributed by atoms with Gasteiger partial charge < -0.3 is 25.7 Å². The highest BCUT2D eigenvalue weighted by Gasteiger charge is 2.35. The molecule has 3 aromatic rings. The molecule has 162 valence electrons. The predicted molar refractivity (Wildman–Crippen MR) is 116 cm³/mol. The first-order valence-corrected chi connectivity index (χ1v) is 9.92. The molecule has 9 nitrogen and oxygen atoms in total. The third-order valence-electron chi connectivity index (χ3n) is 4.97. The number of nitrogens with one attached hydrogen (secondary N) is 1. The third-order valence-corrected chi connectivity index (χ3v) is 4.97. The van der Waals surface area contributed by atoms with Crippen LogP contribution in [-0.2, 0) is 4.79 Å². The van der Waals surface area contributed by atoms with E-state index in [0.717, 1.165) is 11.1 Å². The summed E-state index contributed by atoms with van der Waals surface area (Å²) >= 11 is 0. The van der Waals surface area contributed by atoms with Crippen LogP contribution in [0.3, 0.4) is 0 Å². The molecule has 0 saturated heterocycles. The molecule has 4 rings (SSSR count). The van der Waals surface area contributed by atoms with Crippen molar-refractivity contribution in [2.75, 3.05) is 13.2 Å². The second-order valence-electron chi connectivity index (χ2n) is 7.03. The topological polar surface area (TPSA) is 149 Å². The average molecular weight is 431 g/mol. The highest BCUT2D eigenvalue weighted by molar-refractivity contribution is 5.75. The maximum absolute atomic E-state index is 11.0. The van der Waals surface area contributed by atoms with Crippen LogP contribution in [0.1, 0.15) is 24.0 Å². The molecule has 1 unspecified atom stereocenters. The molecule has 0 aliphatic carbocycles. The van der Waals surface area contributed by atoms with Crippen LogP contribution in [0.25, 0.3) is 11.3 Å². The van der Waals surface area contributed by atoms with Gasteiger partial charge in [-0.05, 0) is 36.8 Å². The second kappa shape index (κ2) is 8.73. The number of H-pyrrole nitrogens is 1. The molecule has 0 spiro atoms. The van der Waals surface area contributed by atoms with Crippen molar-refractivity contribution in [3.8, 4) is 34.7 Å². The van der Waals surface area contributed by atoms with Crippen LogP contribution in [0.15, 0.2) is 60.0 Å². The van der Waals surface area contributed by atoms with Crippen LogP contribution in [-0.4, -0.2) is 29.3 Å². The van der Waals surface area contributed by atoms with Gasteiger partial charge in [-0.2, -0.15) is 5.26 Å². The van der Waals surface area contributed by atoms with E-state index in [4.69, 9.17) is 25.7 Å². The van der Waals surface area contributed by atoms with Gasteiger partial charge in [-0.1, -0.05) is 24.3 Å². The Bertz CT molecular complexity index is 1220. The van der Waals surface area contributed by atoms with Gasteiger partial charge in [-0.3, -0.25) is 9.89 Å². The van der Waals surface area contributed by atoms with Crippen LogP contribution >= 0.6 is 0 Å². The first-order valence-electron chi connectivity index (χ1n) is 9.92. The molecule has 1 aliphatic rings. The Morgan fingerprint density at radius 1 is 1.22 bits per heavy atom. The SMILES string of the molecule is CCOc1cccc(-c2[nH]nc3c2C(c2ccc(OCC(N)=O)cc2)C(C#N)=C(N)O3)c1. The van der Waals surface area contributed by atoms with E-state index in [-0.39, 0.29) is 18.1 Å². The summed E-state index contributed by atoms with van der Waals surface area (Å²) in [5.41, 5.74) is 14.4. The third kappa shape index (κ3) is 3.94. The minimum Gasteiger partial charge on any atom is -0.494 e. The Balaban J connectivity index is 1.78. The number of allylic oxidation sites excluding steroid dienone is 1. The Morgan fingerprint density at radius 2 is 2.00 bits per heavy atom. The van der Waals surface area contributed by atoms with E-state index in [1.807, 2.05) is 31.2 Å². The van der Waals surface area contributed by atoms with Gasteiger partial charge in [0.05, 0.1) is 23.8 Å². The number of fused-ring (bicyclic) bond motifs is 1. The quantitative estimate of drug-likeness (QED) is 0.520. The molecular weight excluding hydrogens is 410 g/mol. The van der Waals surface area contributed by atoms with E-state index in [0.29, 0.717) is 35.2 Å². The number of carbonyl (C=O) groups excluding carboxylic acids is 1.